The predicted octanol–water partition coefficient (Wildman–Crippen LogP) is 2.83. The Morgan fingerprint density at radius 2 is 1.12 bits per heavy atom. The van der Waals surface area contributed by atoms with Crippen molar-refractivity contribution in [2.75, 3.05) is 51.2 Å². The molecule has 2 aromatic carbocycles. The van der Waals surface area contributed by atoms with Gasteiger partial charge in [-0.15, -0.1) is 0 Å². The van der Waals surface area contributed by atoms with Gasteiger partial charge in [0.15, 0.2) is 0 Å². The second-order valence-electron chi connectivity index (χ2n) is 6.16. The van der Waals surface area contributed by atoms with E-state index in [1.54, 1.807) is 36.4 Å². The Morgan fingerprint density at radius 1 is 0.731 bits per heavy atom. The number of hydrogen-bond acceptors (Lipinski definition) is 6. The van der Waals surface area contributed by atoms with Crippen LogP contribution >= 0.6 is 0 Å². The smallest absolute Gasteiger partial charge is 0.338 e. The monoisotopic (exact) mass is 356 g/mol. The molecule has 6 nitrogen and oxygen atoms in total. The van der Waals surface area contributed by atoms with Crippen LogP contribution in [0.15, 0.2) is 48.5 Å². The van der Waals surface area contributed by atoms with Gasteiger partial charge in [0, 0.05) is 39.6 Å². The minimum atomic E-state index is -0.445. The van der Waals surface area contributed by atoms with Crippen molar-refractivity contribution in [2.24, 2.45) is 0 Å². The first kappa shape index (κ1) is 19.3. The van der Waals surface area contributed by atoms with Crippen molar-refractivity contribution in [3.05, 3.63) is 59.7 Å². The Morgan fingerprint density at radius 3 is 1.46 bits per heavy atom. The first-order valence-electron chi connectivity index (χ1n) is 8.27. The van der Waals surface area contributed by atoms with Crippen LogP contribution < -0.4 is 9.80 Å². The average Bonchev–Trinajstić information content (AvgIpc) is 2.65. The summed E-state index contributed by atoms with van der Waals surface area (Å²) in [5.74, 6) is -0.890. The Kier molecular flexibility index (Phi) is 6.60. The molecule has 0 aliphatic rings. The molecule has 0 aliphatic heterocycles. The maximum Gasteiger partial charge on any atom is 0.338 e. The van der Waals surface area contributed by atoms with Crippen LogP contribution in [0.25, 0.3) is 0 Å². The third-order valence-electron chi connectivity index (χ3n) is 3.75. The summed E-state index contributed by atoms with van der Waals surface area (Å²) in [4.78, 5) is 27.9. The summed E-state index contributed by atoms with van der Waals surface area (Å²) < 4.78 is 10.3. The average molecular weight is 356 g/mol. The molecule has 0 saturated heterocycles. The van der Waals surface area contributed by atoms with Crippen LogP contribution in [-0.4, -0.2) is 53.3 Å². The SMILES string of the molecule is CN(C)c1cccc(C(=O)OCCOC(=O)c2cccc(N(C)C)c2)c1. The molecular weight excluding hydrogens is 332 g/mol. The number of benzene rings is 2. The van der Waals surface area contributed by atoms with Crippen LogP contribution in [0, 0.1) is 0 Å². The number of hydrogen-bond donors (Lipinski definition) is 0. The quantitative estimate of drug-likeness (QED) is 0.562. The van der Waals surface area contributed by atoms with Crippen molar-refractivity contribution in [1.82, 2.24) is 0 Å². The van der Waals surface area contributed by atoms with Gasteiger partial charge in [0.2, 0.25) is 0 Å². The van der Waals surface area contributed by atoms with E-state index in [1.165, 1.54) is 0 Å². The van der Waals surface area contributed by atoms with Crippen molar-refractivity contribution in [1.29, 1.82) is 0 Å². The molecule has 0 aliphatic carbocycles. The number of carbonyl (C=O) groups excluding carboxylic acids is 2. The molecule has 138 valence electrons. The van der Waals surface area contributed by atoms with E-state index in [9.17, 15) is 9.59 Å². The zero-order chi connectivity index (χ0) is 19.1. The van der Waals surface area contributed by atoms with Gasteiger partial charge in [-0.3, -0.25) is 0 Å². The molecule has 2 aromatic rings. The zero-order valence-electron chi connectivity index (χ0n) is 15.6. The van der Waals surface area contributed by atoms with E-state index in [2.05, 4.69) is 0 Å². The van der Waals surface area contributed by atoms with Gasteiger partial charge in [-0.05, 0) is 36.4 Å². The Hall–Kier alpha value is -3.02. The topological polar surface area (TPSA) is 59.1 Å². The van der Waals surface area contributed by atoms with Crippen LogP contribution in [0.3, 0.4) is 0 Å². The highest BCUT2D eigenvalue weighted by molar-refractivity contribution is 5.91. The largest absolute Gasteiger partial charge is 0.458 e. The van der Waals surface area contributed by atoms with Crippen molar-refractivity contribution in [2.45, 2.75) is 0 Å². The molecule has 0 unspecified atom stereocenters. The third kappa shape index (κ3) is 5.24. The Bertz CT molecular complexity index is 706. The number of rotatable bonds is 7. The molecule has 0 aromatic heterocycles. The maximum absolute atomic E-state index is 12.1. The van der Waals surface area contributed by atoms with Gasteiger partial charge in [0.1, 0.15) is 13.2 Å². The van der Waals surface area contributed by atoms with E-state index in [0.29, 0.717) is 11.1 Å². The molecule has 0 bridgehead atoms. The van der Waals surface area contributed by atoms with Gasteiger partial charge in [-0.25, -0.2) is 9.59 Å². The number of nitrogens with zero attached hydrogens (tertiary/aromatic N) is 2. The molecule has 2 rings (SSSR count). The molecule has 0 heterocycles. The van der Waals surface area contributed by atoms with Crippen molar-refractivity contribution >= 4 is 23.3 Å². The van der Waals surface area contributed by atoms with Gasteiger partial charge in [-0.1, -0.05) is 12.1 Å². The van der Waals surface area contributed by atoms with Crippen LogP contribution in [-0.2, 0) is 9.47 Å². The number of carbonyl (C=O) groups is 2. The lowest BCUT2D eigenvalue weighted by atomic mass is 10.2. The Balaban J connectivity index is 1.83. The second kappa shape index (κ2) is 8.89. The first-order valence-corrected chi connectivity index (χ1v) is 8.27. The molecule has 26 heavy (non-hydrogen) atoms. The maximum atomic E-state index is 12.1. The standard InChI is InChI=1S/C20H24N2O4/c1-21(2)17-9-5-7-15(13-17)19(23)25-11-12-26-20(24)16-8-6-10-18(14-16)22(3)4/h5-10,13-14H,11-12H2,1-4H3. The molecule has 0 N–H and O–H groups in total. The number of anilines is 2. The van der Waals surface area contributed by atoms with E-state index in [1.807, 2.05) is 50.1 Å². The minimum absolute atomic E-state index is 0.00410. The summed E-state index contributed by atoms with van der Waals surface area (Å²) in [6.07, 6.45) is 0. The molecule has 0 radical (unpaired) electrons. The molecule has 0 saturated carbocycles. The third-order valence-corrected chi connectivity index (χ3v) is 3.75. The summed E-state index contributed by atoms with van der Waals surface area (Å²) in [5.41, 5.74) is 2.74. The molecule has 0 spiro atoms. The molecule has 0 fully saturated rings. The van der Waals surface area contributed by atoms with Crippen molar-refractivity contribution in [3.63, 3.8) is 0 Å². The highest BCUT2D eigenvalue weighted by Crippen LogP contribution is 2.15. The summed E-state index contributed by atoms with van der Waals surface area (Å²) in [5, 5.41) is 0. The predicted molar refractivity (Wildman–Crippen MR) is 102 cm³/mol. The van der Waals surface area contributed by atoms with Crippen LogP contribution in [0.5, 0.6) is 0 Å². The van der Waals surface area contributed by atoms with Gasteiger partial charge in [-0.2, -0.15) is 0 Å². The van der Waals surface area contributed by atoms with Crippen molar-refractivity contribution in [3.8, 4) is 0 Å². The van der Waals surface area contributed by atoms with Gasteiger partial charge < -0.3 is 19.3 Å². The van der Waals surface area contributed by atoms with E-state index in [-0.39, 0.29) is 13.2 Å². The second-order valence-corrected chi connectivity index (χ2v) is 6.16. The molecule has 6 heteroatoms. The van der Waals surface area contributed by atoms with E-state index in [4.69, 9.17) is 9.47 Å². The highest BCUT2D eigenvalue weighted by Gasteiger charge is 2.11. The zero-order valence-corrected chi connectivity index (χ0v) is 15.6. The lowest BCUT2D eigenvalue weighted by Crippen LogP contribution is -2.15. The minimum Gasteiger partial charge on any atom is -0.458 e. The van der Waals surface area contributed by atoms with Crippen molar-refractivity contribution < 1.29 is 19.1 Å². The highest BCUT2D eigenvalue weighted by atomic mass is 16.6. The Labute approximate surface area is 153 Å². The van der Waals surface area contributed by atoms with Gasteiger partial charge >= 0.3 is 11.9 Å². The lowest BCUT2D eigenvalue weighted by molar-refractivity contribution is 0.0266. The summed E-state index contributed by atoms with van der Waals surface area (Å²) in [7, 11) is 7.59. The number of esters is 2. The van der Waals surface area contributed by atoms with Crippen LogP contribution in [0.4, 0.5) is 11.4 Å². The molecule has 0 atom stereocenters. The van der Waals surface area contributed by atoms with E-state index >= 15 is 0 Å². The molecule has 0 amide bonds. The summed E-state index contributed by atoms with van der Waals surface area (Å²) in [6.45, 7) is 0.00821. The van der Waals surface area contributed by atoms with E-state index in [0.717, 1.165) is 11.4 Å². The van der Waals surface area contributed by atoms with Gasteiger partial charge in [0.25, 0.3) is 0 Å². The summed E-state index contributed by atoms with van der Waals surface area (Å²) in [6, 6.07) is 14.3. The fourth-order valence-electron chi connectivity index (χ4n) is 2.26. The van der Waals surface area contributed by atoms with Crippen LogP contribution in [0.2, 0.25) is 0 Å². The lowest BCUT2D eigenvalue weighted by Gasteiger charge is -2.14. The van der Waals surface area contributed by atoms with Gasteiger partial charge in [0.05, 0.1) is 11.1 Å². The first-order chi connectivity index (χ1) is 12.4. The van der Waals surface area contributed by atoms with E-state index < -0.39 is 11.9 Å². The normalized spacial score (nSPS) is 10.2. The summed E-state index contributed by atoms with van der Waals surface area (Å²) >= 11 is 0. The number of ether oxygens (including phenoxy) is 2. The van der Waals surface area contributed by atoms with Crippen LogP contribution in [0.1, 0.15) is 20.7 Å². The fourth-order valence-corrected chi connectivity index (χ4v) is 2.26. The molecular formula is C20H24N2O4. The fraction of sp³-hybridized carbons (Fsp3) is 0.300.